The molecule has 0 radical (unpaired) electrons. The average Bonchev–Trinajstić information content (AvgIpc) is 2.84. The highest BCUT2D eigenvalue weighted by atomic mass is 16.5. The summed E-state index contributed by atoms with van der Waals surface area (Å²) >= 11 is 0. The molecule has 3 N–H and O–H groups in total. The lowest BCUT2D eigenvalue weighted by Gasteiger charge is -2.13. The number of nitrogens with two attached hydrogens (primary N) is 1. The Kier molecular flexibility index (Phi) is 3.23. The molecule has 2 rings (SSSR count). The van der Waals surface area contributed by atoms with Crippen molar-refractivity contribution in [2.45, 2.75) is 25.0 Å². The van der Waals surface area contributed by atoms with Gasteiger partial charge in [0.2, 0.25) is 0 Å². The Hall–Kier alpha value is -1.07. The number of hydrogen-bond acceptors (Lipinski definition) is 4. The van der Waals surface area contributed by atoms with E-state index >= 15 is 0 Å². The van der Waals surface area contributed by atoms with Crippen LogP contribution in [0.25, 0.3) is 0 Å². The Morgan fingerprint density at radius 2 is 2.40 bits per heavy atom. The molecule has 2 heterocycles. The zero-order valence-electron chi connectivity index (χ0n) is 9.02. The Morgan fingerprint density at radius 3 is 3.00 bits per heavy atom. The minimum absolute atomic E-state index is 0.253. The van der Waals surface area contributed by atoms with Crippen molar-refractivity contribution in [2.75, 3.05) is 18.4 Å². The summed E-state index contributed by atoms with van der Waals surface area (Å²) in [6, 6.07) is 1.95. The summed E-state index contributed by atoms with van der Waals surface area (Å²) in [5.41, 5.74) is 5.55. The highest BCUT2D eigenvalue weighted by Gasteiger charge is 2.23. The molecule has 0 bridgehead atoms. The van der Waals surface area contributed by atoms with Gasteiger partial charge >= 0.3 is 0 Å². The average molecular weight is 210 g/mol. The van der Waals surface area contributed by atoms with Crippen LogP contribution >= 0.6 is 0 Å². The molecule has 1 saturated heterocycles. The van der Waals surface area contributed by atoms with Gasteiger partial charge in [0.1, 0.15) is 5.82 Å². The van der Waals surface area contributed by atoms with Crippen LogP contribution < -0.4 is 11.1 Å². The molecule has 5 heteroatoms. The van der Waals surface area contributed by atoms with Gasteiger partial charge in [-0.1, -0.05) is 0 Å². The lowest BCUT2D eigenvalue weighted by atomic mass is 10.2. The summed E-state index contributed by atoms with van der Waals surface area (Å²) in [5, 5.41) is 7.40. The zero-order valence-corrected chi connectivity index (χ0v) is 9.02. The van der Waals surface area contributed by atoms with Gasteiger partial charge < -0.3 is 15.8 Å². The lowest BCUT2D eigenvalue weighted by Crippen LogP contribution is -2.24. The molecular formula is C10H18N4O. The summed E-state index contributed by atoms with van der Waals surface area (Å²) in [5.74, 6) is 1.02. The van der Waals surface area contributed by atoms with Crippen molar-refractivity contribution in [3.63, 3.8) is 0 Å². The third kappa shape index (κ3) is 2.49. The number of nitrogens with zero attached hydrogens (tertiary/aromatic N) is 2. The highest BCUT2D eigenvalue weighted by molar-refractivity contribution is 5.33. The Labute approximate surface area is 89.6 Å². The predicted molar refractivity (Wildman–Crippen MR) is 58.6 cm³/mol. The Bertz CT molecular complexity index is 312. The van der Waals surface area contributed by atoms with Crippen LogP contribution in [-0.2, 0) is 11.8 Å². The van der Waals surface area contributed by atoms with E-state index < -0.39 is 0 Å². The van der Waals surface area contributed by atoms with Gasteiger partial charge in [0.05, 0.1) is 18.4 Å². The van der Waals surface area contributed by atoms with Crippen LogP contribution in [0.1, 0.15) is 12.8 Å². The normalized spacial score (nSPS) is 25.7. The van der Waals surface area contributed by atoms with Crippen molar-refractivity contribution >= 4 is 5.82 Å². The maximum absolute atomic E-state index is 5.73. The molecule has 5 nitrogen and oxygen atoms in total. The monoisotopic (exact) mass is 210 g/mol. The van der Waals surface area contributed by atoms with E-state index in [4.69, 9.17) is 10.5 Å². The van der Waals surface area contributed by atoms with Crippen LogP contribution in [0.2, 0.25) is 0 Å². The molecule has 2 atom stereocenters. The van der Waals surface area contributed by atoms with E-state index in [1.54, 1.807) is 6.20 Å². The van der Waals surface area contributed by atoms with Gasteiger partial charge in [-0.15, -0.1) is 0 Å². The number of aromatic nitrogens is 2. The molecule has 1 aromatic heterocycles. The fourth-order valence-electron chi connectivity index (χ4n) is 1.87. The van der Waals surface area contributed by atoms with Crippen molar-refractivity contribution in [2.24, 2.45) is 12.8 Å². The van der Waals surface area contributed by atoms with Crippen LogP contribution in [0.4, 0.5) is 5.82 Å². The van der Waals surface area contributed by atoms with Gasteiger partial charge in [-0.3, -0.25) is 4.68 Å². The number of anilines is 1. The van der Waals surface area contributed by atoms with Crippen molar-refractivity contribution in [3.05, 3.63) is 12.3 Å². The maximum atomic E-state index is 5.73. The first kappa shape index (κ1) is 10.4. The maximum Gasteiger partial charge on any atom is 0.123 e. The van der Waals surface area contributed by atoms with Gasteiger partial charge in [0, 0.05) is 26.2 Å². The third-order valence-electron chi connectivity index (χ3n) is 2.79. The van der Waals surface area contributed by atoms with Crippen LogP contribution in [0.3, 0.4) is 0 Å². The van der Waals surface area contributed by atoms with Crippen molar-refractivity contribution in [3.8, 4) is 0 Å². The van der Waals surface area contributed by atoms with E-state index in [9.17, 15) is 0 Å². The van der Waals surface area contributed by atoms with Gasteiger partial charge in [-0.25, -0.2) is 0 Å². The van der Waals surface area contributed by atoms with Crippen molar-refractivity contribution < 1.29 is 4.74 Å². The van der Waals surface area contributed by atoms with Gasteiger partial charge in [0.25, 0.3) is 0 Å². The Balaban J connectivity index is 1.77. The minimum atomic E-state index is 0.253. The number of ether oxygens (including phenoxy) is 1. The molecular weight excluding hydrogens is 192 g/mol. The van der Waals surface area contributed by atoms with Crippen molar-refractivity contribution in [1.82, 2.24) is 9.78 Å². The van der Waals surface area contributed by atoms with Crippen molar-refractivity contribution in [1.29, 1.82) is 0 Å². The topological polar surface area (TPSA) is 65.1 Å². The second-order valence-electron chi connectivity index (χ2n) is 3.91. The molecule has 1 aromatic rings. The van der Waals surface area contributed by atoms with Crippen LogP contribution in [0, 0.1) is 0 Å². The van der Waals surface area contributed by atoms with Crippen LogP contribution in [-0.4, -0.2) is 35.1 Å². The molecule has 0 aromatic carbocycles. The van der Waals surface area contributed by atoms with E-state index in [0.29, 0.717) is 6.54 Å². The molecule has 1 fully saturated rings. The van der Waals surface area contributed by atoms with Gasteiger partial charge in [0.15, 0.2) is 0 Å². The smallest absolute Gasteiger partial charge is 0.123 e. The molecule has 1 aliphatic rings. The fraction of sp³-hybridized carbons (Fsp3) is 0.700. The van der Waals surface area contributed by atoms with E-state index in [1.807, 2.05) is 17.8 Å². The number of rotatable bonds is 4. The summed E-state index contributed by atoms with van der Waals surface area (Å²) in [7, 11) is 1.92. The first-order chi connectivity index (χ1) is 7.29. The lowest BCUT2D eigenvalue weighted by molar-refractivity contribution is 0.0577. The third-order valence-corrected chi connectivity index (χ3v) is 2.79. The van der Waals surface area contributed by atoms with Gasteiger partial charge in [-0.2, -0.15) is 5.10 Å². The Morgan fingerprint density at radius 1 is 1.60 bits per heavy atom. The molecule has 2 unspecified atom stereocenters. The second-order valence-corrected chi connectivity index (χ2v) is 3.91. The summed E-state index contributed by atoms with van der Waals surface area (Å²) in [4.78, 5) is 0. The number of aryl methyl sites for hydroxylation is 1. The van der Waals surface area contributed by atoms with Crippen LogP contribution in [0.15, 0.2) is 12.3 Å². The number of hydrogen-bond donors (Lipinski definition) is 2. The summed E-state index contributed by atoms with van der Waals surface area (Å²) in [6.07, 6.45) is 4.48. The predicted octanol–water partition coefficient (Wildman–Crippen LogP) is 0.338. The van der Waals surface area contributed by atoms with E-state index in [0.717, 1.165) is 25.2 Å². The molecule has 15 heavy (non-hydrogen) atoms. The number of nitrogens with one attached hydrogen (secondary N) is 1. The second kappa shape index (κ2) is 4.63. The quantitative estimate of drug-likeness (QED) is 0.752. The molecule has 0 saturated carbocycles. The standard InChI is InChI=1S/C10H18N4O/c1-14-10(4-5-13-14)12-7-9-3-2-8(6-11)15-9/h4-5,8-9,12H,2-3,6-7,11H2,1H3. The summed E-state index contributed by atoms with van der Waals surface area (Å²) in [6.45, 7) is 1.46. The fourth-order valence-corrected chi connectivity index (χ4v) is 1.87. The SMILES string of the molecule is Cn1nccc1NCC1CCC(CN)O1. The van der Waals surface area contributed by atoms with E-state index in [2.05, 4.69) is 10.4 Å². The van der Waals surface area contributed by atoms with Gasteiger partial charge in [-0.05, 0) is 12.8 Å². The molecule has 1 aliphatic heterocycles. The molecule has 0 aliphatic carbocycles. The molecule has 84 valence electrons. The summed E-state index contributed by atoms with van der Waals surface area (Å²) < 4.78 is 7.55. The minimum Gasteiger partial charge on any atom is -0.372 e. The molecule has 0 amide bonds. The van der Waals surface area contributed by atoms with E-state index in [-0.39, 0.29) is 12.2 Å². The first-order valence-corrected chi connectivity index (χ1v) is 5.37. The highest BCUT2D eigenvalue weighted by Crippen LogP contribution is 2.19. The zero-order chi connectivity index (χ0) is 10.7. The molecule has 0 spiro atoms. The first-order valence-electron chi connectivity index (χ1n) is 5.37. The van der Waals surface area contributed by atoms with E-state index in [1.165, 1.54) is 0 Å². The van der Waals surface area contributed by atoms with Crippen LogP contribution in [0.5, 0.6) is 0 Å². The largest absolute Gasteiger partial charge is 0.372 e.